The van der Waals surface area contributed by atoms with Gasteiger partial charge in [-0.25, -0.2) is 0 Å². The third kappa shape index (κ3) is 17.6. The molecule has 1 rings (SSSR count). The van der Waals surface area contributed by atoms with Crippen LogP contribution in [0.4, 0.5) is 0 Å². The molecule has 3 N–H and O–H groups in total. The molecule has 1 fully saturated rings. The Balaban J connectivity index is 2.00. The molecule has 0 bridgehead atoms. The number of rotatable bonds is 25. The second kappa shape index (κ2) is 24.5. The maximum absolute atomic E-state index is 9.61. The molecule has 1 heterocycles. The van der Waals surface area contributed by atoms with Crippen molar-refractivity contribution in [2.75, 3.05) is 119 Å². The van der Waals surface area contributed by atoms with Crippen LogP contribution < -0.4 is 5.32 Å². The van der Waals surface area contributed by atoms with Crippen molar-refractivity contribution in [3.05, 3.63) is 0 Å². The van der Waals surface area contributed by atoms with Gasteiger partial charge in [0, 0.05) is 45.8 Å². The van der Waals surface area contributed by atoms with Crippen LogP contribution in [0.3, 0.4) is 0 Å². The fourth-order valence-electron chi connectivity index (χ4n) is 4.28. The average molecular weight is 515 g/mol. The molecule has 36 heavy (non-hydrogen) atoms. The number of hydrogen-bond donors (Lipinski definition) is 3. The molecule has 0 spiro atoms. The first-order chi connectivity index (χ1) is 17.7. The summed E-state index contributed by atoms with van der Waals surface area (Å²) in [5, 5.41) is 22.4. The summed E-state index contributed by atoms with van der Waals surface area (Å²) in [7, 11) is 1.97. The van der Waals surface area contributed by atoms with Gasteiger partial charge in [0.2, 0.25) is 0 Å². The van der Waals surface area contributed by atoms with Crippen molar-refractivity contribution in [3.63, 3.8) is 0 Å². The smallest absolute Gasteiger partial charge is 0.0701 e. The third-order valence-corrected chi connectivity index (χ3v) is 6.60. The molecule has 1 aliphatic rings. The molecular formula is C27H54N4O5. The highest BCUT2D eigenvalue weighted by atomic mass is 16.5. The zero-order chi connectivity index (χ0) is 26.1. The van der Waals surface area contributed by atoms with Gasteiger partial charge in [-0.1, -0.05) is 0 Å². The number of piperazine rings is 1. The van der Waals surface area contributed by atoms with Crippen LogP contribution >= 0.6 is 0 Å². The van der Waals surface area contributed by atoms with E-state index in [2.05, 4.69) is 25.9 Å². The van der Waals surface area contributed by atoms with Crippen molar-refractivity contribution in [1.82, 2.24) is 20.0 Å². The van der Waals surface area contributed by atoms with Gasteiger partial charge in [-0.15, -0.1) is 12.3 Å². The van der Waals surface area contributed by atoms with Gasteiger partial charge < -0.3 is 34.6 Å². The third-order valence-electron chi connectivity index (χ3n) is 6.60. The SMILES string of the molecule is C#CCCCCOCCOCCOCCN1CCN(CCCN(CCCCNC)C(CO)CO)CC1. The zero-order valence-electron chi connectivity index (χ0n) is 22.9. The lowest BCUT2D eigenvalue weighted by Crippen LogP contribution is -2.48. The average Bonchev–Trinajstić information content (AvgIpc) is 2.90. The van der Waals surface area contributed by atoms with Crippen LogP contribution in [-0.2, 0) is 14.2 Å². The van der Waals surface area contributed by atoms with E-state index in [1.165, 1.54) is 0 Å². The van der Waals surface area contributed by atoms with Gasteiger partial charge in [0.1, 0.15) is 0 Å². The van der Waals surface area contributed by atoms with Crippen molar-refractivity contribution >= 4 is 0 Å². The topological polar surface area (TPSA) is 89.9 Å². The van der Waals surface area contributed by atoms with Gasteiger partial charge in [0.15, 0.2) is 0 Å². The van der Waals surface area contributed by atoms with Crippen molar-refractivity contribution in [1.29, 1.82) is 0 Å². The van der Waals surface area contributed by atoms with Gasteiger partial charge in [-0.3, -0.25) is 9.80 Å². The molecule has 9 heteroatoms. The van der Waals surface area contributed by atoms with Crippen molar-refractivity contribution < 1.29 is 24.4 Å². The Bertz CT molecular complexity index is 511. The molecule has 9 nitrogen and oxygen atoms in total. The van der Waals surface area contributed by atoms with E-state index in [1.54, 1.807) is 0 Å². The number of nitrogens with one attached hydrogen (secondary N) is 1. The zero-order valence-corrected chi connectivity index (χ0v) is 22.9. The standard InChI is InChI=1S/C27H54N4O5/c1-3-4-5-8-19-34-21-23-36-24-22-35-20-18-30-16-14-29(15-17-30)11-9-13-31(27(25-32)26-33)12-7-6-10-28-2/h1,27-28,32-33H,4-26H2,2H3. The van der Waals surface area contributed by atoms with Gasteiger partial charge in [0.25, 0.3) is 0 Å². The molecule has 212 valence electrons. The van der Waals surface area contributed by atoms with Crippen LogP contribution in [-0.4, -0.2) is 150 Å². The first-order valence-electron chi connectivity index (χ1n) is 14.0. The first kappa shape index (κ1) is 33.2. The van der Waals surface area contributed by atoms with Gasteiger partial charge in [-0.2, -0.15) is 0 Å². The molecule has 0 aromatic carbocycles. The molecule has 0 unspecified atom stereocenters. The number of hydrogen-bond acceptors (Lipinski definition) is 9. The normalized spacial score (nSPS) is 15.2. The van der Waals surface area contributed by atoms with Gasteiger partial charge >= 0.3 is 0 Å². The summed E-state index contributed by atoms with van der Waals surface area (Å²) in [4.78, 5) is 7.24. The summed E-state index contributed by atoms with van der Waals surface area (Å²) in [5.74, 6) is 2.64. The molecule has 1 aliphatic heterocycles. The quantitative estimate of drug-likeness (QED) is 0.119. The number of terminal acetylenes is 1. The molecule has 0 atom stereocenters. The molecule has 0 saturated carbocycles. The summed E-state index contributed by atoms with van der Waals surface area (Å²) >= 11 is 0. The largest absolute Gasteiger partial charge is 0.395 e. The van der Waals surface area contributed by atoms with Crippen LogP contribution in [0.2, 0.25) is 0 Å². The number of aliphatic hydroxyl groups is 2. The van der Waals surface area contributed by atoms with Crippen molar-refractivity contribution in [3.8, 4) is 12.3 Å². The minimum Gasteiger partial charge on any atom is -0.395 e. The van der Waals surface area contributed by atoms with Crippen molar-refractivity contribution in [2.24, 2.45) is 0 Å². The molecular weight excluding hydrogens is 460 g/mol. The minimum atomic E-state index is -0.148. The number of unbranched alkanes of at least 4 members (excludes halogenated alkanes) is 3. The lowest BCUT2D eigenvalue weighted by atomic mass is 10.2. The van der Waals surface area contributed by atoms with Crippen LogP contribution in [0.15, 0.2) is 0 Å². The van der Waals surface area contributed by atoms with E-state index in [-0.39, 0.29) is 19.3 Å². The maximum atomic E-state index is 9.61. The molecule has 0 aliphatic carbocycles. The molecule has 0 aromatic rings. The maximum Gasteiger partial charge on any atom is 0.0701 e. The van der Waals surface area contributed by atoms with E-state index in [9.17, 15) is 10.2 Å². The molecule has 1 saturated heterocycles. The summed E-state index contributed by atoms with van der Waals surface area (Å²) in [5.41, 5.74) is 0. The van der Waals surface area contributed by atoms with E-state index in [4.69, 9.17) is 20.6 Å². The Hall–Kier alpha value is -0.800. The van der Waals surface area contributed by atoms with Crippen LogP contribution in [0.5, 0.6) is 0 Å². The molecule has 0 aromatic heterocycles. The summed E-state index contributed by atoms with van der Waals surface area (Å²) < 4.78 is 16.8. The molecule has 0 radical (unpaired) electrons. The van der Waals surface area contributed by atoms with E-state index >= 15 is 0 Å². The van der Waals surface area contributed by atoms with Gasteiger partial charge in [-0.05, 0) is 65.3 Å². The lowest BCUT2D eigenvalue weighted by molar-refractivity contribution is 0.00733. The Labute approximate surface area is 220 Å². The van der Waals surface area contributed by atoms with Crippen molar-refractivity contribution in [2.45, 2.75) is 44.6 Å². The minimum absolute atomic E-state index is 0.0119. The fraction of sp³-hybridized carbons (Fsp3) is 0.926. The predicted octanol–water partition coefficient (Wildman–Crippen LogP) is 0.502. The van der Waals surface area contributed by atoms with Gasteiger partial charge in [0.05, 0.1) is 52.3 Å². The summed E-state index contributed by atoms with van der Waals surface area (Å²) in [6.45, 7) is 13.1. The highest BCUT2D eigenvalue weighted by Crippen LogP contribution is 2.07. The monoisotopic (exact) mass is 514 g/mol. The lowest BCUT2D eigenvalue weighted by Gasteiger charge is -2.35. The number of aliphatic hydroxyl groups excluding tert-OH is 2. The summed E-state index contributed by atoms with van der Waals surface area (Å²) in [6, 6.07) is -0.148. The Kier molecular flexibility index (Phi) is 22.6. The van der Waals surface area contributed by atoms with E-state index in [0.29, 0.717) is 26.4 Å². The van der Waals surface area contributed by atoms with Crippen LogP contribution in [0.1, 0.15) is 38.5 Å². The number of nitrogens with zero attached hydrogens (tertiary/aromatic N) is 3. The second-order valence-corrected chi connectivity index (χ2v) is 9.40. The van der Waals surface area contributed by atoms with E-state index < -0.39 is 0 Å². The highest BCUT2D eigenvalue weighted by Gasteiger charge is 2.19. The molecule has 0 amide bonds. The van der Waals surface area contributed by atoms with E-state index in [1.807, 2.05) is 7.05 Å². The second-order valence-electron chi connectivity index (χ2n) is 9.40. The summed E-state index contributed by atoms with van der Waals surface area (Å²) in [6.07, 6.45) is 11.3. The number of ether oxygens (including phenoxy) is 3. The fourth-order valence-corrected chi connectivity index (χ4v) is 4.28. The van der Waals surface area contributed by atoms with E-state index in [0.717, 1.165) is 111 Å². The van der Waals surface area contributed by atoms with Crippen LogP contribution in [0, 0.1) is 12.3 Å². The predicted molar refractivity (Wildman–Crippen MR) is 145 cm³/mol. The van der Waals surface area contributed by atoms with Crippen LogP contribution in [0.25, 0.3) is 0 Å². The Morgan fingerprint density at radius 1 is 0.778 bits per heavy atom. The Morgan fingerprint density at radius 3 is 1.97 bits per heavy atom. The first-order valence-corrected chi connectivity index (χ1v) is 14.0. The highest BCUT2D eigenvalue weighted by molar-refractivity contribution is 4.82. The Morgan fingerprint density at radius 2 is 1.36 bits per heavy atom.